The van der Waals surface area contributed by atoms with Crippen LogP contribution in [0.1, 0.15) is 31.4 Å². The molecule has 3 heteroatoms. The van der Waals surface area contributed by atoms with E-state index in [1.165, 1.54) is 25.7 Å². The molecule has 0 saturated heterocycles. The number of nitrogens with zero attached hydrogens (tertiary/aromatic N) is 1. The van der Waals surface area contributed by atoms with Crippen molar-refractivity contribution in [3.63, 3.8) is 0 Å². The second-order valence-corrected chi connectivity index (χ2v) is 4.98. The fraction of sp³-hybridized carbons (Fsp3) is 0.643. The largest absolute Gasteiger partial charge is 0.493 e. The third-order valence-electron chi connectivity index (χ3n) is 3.70. The van der Waals surface area contributed by atoms with E-state index in [2.05, 4.69) is 4.98 Å². The van der Waals surface area contributed by atoms with Crippen molar-refractivity contribution in [3.8, 4) is 5.75 Å². The van der Waals surface area contributed by atoms with Crippen LogP contribution >= 0.6 is 0 Å². The van der Waals surface area contributed by atoms with E-state index in [9.17, 15) is 0 Å². The number of ether oxygens (including phenoxy) is 1. The molecule has 0 amide bonds. The minimum atomic E-state index is 0.627. The predicted octanol–water partition coefficient (Wildman–Crippen LogP) is 2.53. The van der Waals surface area contributed by atoms with Crippen LogP contribution in [0.2, 0.25) is 0 Å². The summed E-state index contributed by atoms with van der Waals surface area (Å²) in [5, 5.41) is 0. The van der Waals surface area contributed by atoms with Crippen LogP contribution in [0.5, 0.6) is 5.75 Å². The van der Waals surface area contributed by atoms with E-state index in [-0.39, 0.29) is 0 Å². The van der Waals surface area contributed by atoms with Gasteiger partial charge in [0, 0.05) is 18.0 Å². The Morgan fingerprint density at radius 1 is 1.35 bits per heavy atom. The predicted molar refractivity (Wildman–Crippen MR) is 69.0 cm³/mol. The van der Waals surface area contributed by atoms with E-state index in [1.807, 2.05) is 19.1 Å². The molecule has 1 heterocycles. The van der Waals surface area contributed by atoms with E-state index < -0.39 is 0 Å². The van der Waals surface area contributed by atoms with Crippen LogP contribution in [0.15, 0.2) is 18.3 Å². The SMILES string of the molecule is Cc1cc(OCC2CCCCC2CN)ccn1. The molecule has 2 rings (SSSR count). The number of hydrogen-bond donors (Lipinski definition) is 1. The summed E-state index contributed by atoms with van der Waals surface area (Å²) in [7, 11) is 0. The standard InChI is InChI=1S/C14H22N2O/c1-11-8-14(6-7-16-11)17-10-13-5-3-2-4-12(13)9-15/h6-8,12-13H,2-5,9-10,15H2,1H3. The number of aromatic nitrogens is 1. The Morgan fingerprint density at radius 2 is 2.12 bits per heavy atom. The Bertz CT molecular complexity index is 354. The van der Waals surface area contributed by atoms with E-state index in [1.54, 1.807) is 6.20 Å². The first-order valence-electron chi connectivity index (χ1n) is 6.55. The van der Waals surface area contributed by atoms with Crippen molar-refractivity contribution in [1.82, 2.24) is 4.98 Å². The van der Waals surface area contributed by atoms with Crippen LogP contribution in [-0.2, 0) is 0 Å². The lowest BCUT2D eigenvalue weighted by molar-refractivity contribution is 0.153. The lowest BCUT2D eigenvalue weighted by Gasteiger charge is -2.30. The molecule has 0 aromatic carbocycles. The molecule has 1 saturated carbocycles. The topological polar surface area (TPSA) is 48.1 Å². The number of pyridine rings is 1. The van der Waals surface area contributed by atoms with Crippen molar-refractivity contribution in [3.05, 3.63) is 24.0 Å². The van der Waals surface area contributed by atoms with Crippen molar-refractivity contribution in [1.29, 1.82) is 0 Å². The molecule has 1 aliphatic rings. The first-order chi connectivity index (χ1) is 8.29. The molecular formula is C14H22N2O. The molecule has 3 nitrogen and oxygen atoms in total. The monoisotopic (exact) mass is 234 g/mol. The summed E-state index contributed by atoms with van der Waals surface area (Å²) in [6, 6.07) is 3.91. The molecule has 0 radical (unpaired) electrons. The average molecular weight is 234 g/mol. The van der Waals surface area contributed by atoms with Gasteiger partial charge in [-0.05, 0) is 44.2 Å². The summed E-state index contributed by atoms with van der Waals surface area (Å²) in [5.74, 6) is 2.20. The van der Waals surface area contributed by atoms with Crippen LogP contribution in [0.4, 0.5) is 0 Å². The fourth-order valence-corrected chi connectivity index (χ4v) is 2.63. The lowest BCUT2D eigenvalue weighted by Crippen LogP contribution is -2.30. The van der Waals surface area contributed by atoms with Crippen LogP contribution in [0, 0.1) is 18.8 Å². The zero-order valence-electron chi connectivity index (χ0n) is 10.6. The Hall–Kier alpha value is -1.09. The highest BCUT2D eigenvalue weighted by atomic mass is 16.5. The summed E-state index contributed by atoms with van der Waals surface area (Å²) in [5.41, 5.74) is 6.82. The maximum atomic E-state index is 5.86. The van der Waals surface area contributed by atoms with Gasteiger partial charge in [-0.15, -0.1) is 0 Å². The molecule has 1 fully saturated rings. The van der Waals surface area contributed by atoms with Crippen LogP contribution in [0.3, 0.4) is 0 Å². The molecule has 17 heavy (non-hydrogen) atoms. The highest BCUT2D eigenvalue weighted by Crippen LogP contribution is 2.29. The van der Waals surface area contributed by atoms with Crippen LogP contribution < -0.4 is 10.5 Å². The molecule has 2 unspecified atom stereocenters. The fourth-order valence-electron chi connectivity index (χ4n) is 2.63. The Labute approximate surface area is 103 Å². The number of aryl methyl sites for hydroxylation is 1. The Kier molecular flexibility index (Phi) is 4.37. The van der Waals surface area contributed by atoms with Crippen molar-refractivity contribution >= 4 is 0 Å². The van der Waals surface area contributed by atoms with E-state index in [4.69, 9.17) is 10.5 Å². The maximum Gasteiger partial charge on any atom is 0.122 e. The van der Waals surface area contributed by atoms with Crippen LogP contribution in [0.25, 0.3) is 0 Å². The van der Waals surface area contributed by atoms with Gasteiger partial charge in [-0.25, -0.2) is 0 Å². The number of rotatable bonds is 4. The van der Waals surface area contributed by atoms with E-state index >= 15 is 0 Å². The molecule has 1 aromatic rings. The molecule has 1 aliphatic carbocycles. The van der Waals surface area contributed by atoms with Gasteiger partial charge in [-0.3, -0.25) is 4.98 Å². The molecule has 94 valence electrons. The molecule has 0 bridgehead atoms. The van der Waals surface area contributed by atoms with Crippen LogP contribution in [-0.4, -0.2) is 18.1 Å². The smallest absolute Gasteiger partial charge is 0.122 e. The van der Waals surface area contributed by atoms with E-state index in [0.29, 0.717) is 11.8 Å². The van der Waals surface area contributed by atoms with Crippen molar-refractivity contribution in [2.45, 2.75) is 32.6 Å². The molecule has 2 atom stereocenters. The first-order valence-corrected chi connectivity index (χ1v) is 6.55. The normalized spacial score (nSPS) is 24.6. The molecule has 0 spiro atoms. The number of hydrogen-bond acceptors (Lipinski definition) is 3. The second kappa shape index (κ2) is 6.01. The average Bonchev–Trinajstić information content (AvgIpc) is 2.37. The molecular weight excluding hydrogens is 212 g/mol. The lowest BCUT2D eigenvalue weighted by atomic mass is 9.80. The summed E-state index contributed by atoms with van der Waals surface area (Å²) >= 11 is 0. The highest BCUT2D eigenvalue weighted by molar-refractivity contribution is 5.21. The van der Waals surface area contributed by atoms with Crippen molar-refractivity contribution in [2.75, 3.05) is 13.2 Å². The van der Waals surface area contributed by atoms with Gasteiger partial charge in [0.15, 0.2) is 0 Å². The molecule has 0 aliphatic heterocycles. The van der Waals surface area contributed by atoms with Gasteiger partial charge in [-0.1, -0.05) is 12.8 Å². The third-order valence-corrected chi connectivity index (χ3v) is 3.70. The van der Waals surface area contributed by atoms with Gasteiger partial charge < -0.3 is 10.5 Å². The van der Waals surface area contributed by atoms with Gasteiger partial charge >= 0.3 is 0 Å². The van der Waals surface area contributed by atoms with E-state index in [0.717, 1.165) is 24.6 Å². The summed E-state index contributed by atoms with van der Waals surface area (Å²) in [6.07, 6.45) is 6.96. The minimum absolute atomic E-state index is 0.627. The summed E-state index contributed by atoms with van der Waals surface area (Å²) < 4.78 is 5.86. The third kappa shape index (κ3) is 3.43. The quantitative estimate of drug-likeness (QED) is 0.871. The number of nitrogens with two attached hydrogens (primary N) is 1. The van der Waals surface area contributed by atoms with Crippen molar-refractivity contribution < 1.29 is 4.74 Å². The Morgan fingerprint density at radius 3 is 2.82 bits per heavy atom. The summed E-state index contributed by atoms with van der Waals surface area (Å²) in [4.78, 5) is 4.17. The van der Waals surface area contributed by atoms with Gasteiger partial charge in [-0.2, -0.15) is 0 Å². The summed E-state index contributed by atoms with van der Waals surface area (Å²) in [6.45, 7) is 3.57. The maximum absolute atomic E-state index is 5.86. The van der Waals surface area contributed by atoms with Crippen molar-refractivity contribution in [2.24, 2.45) is 17.6 Å². The van der Waals surface area contributed by atoms with Gasteiger partial charge in [0.2, 0.25) is 0 Å². The minimum Gasteiger partial charge on any atom is -0.493 e. The van der Waals surface area contributed by atoms with Gasteiger partial charge in [0.25, 0.3) is 0 Å². The Balaban J connectivity index is 1.88. The second-order valence-electron chi connectivity index (χ2n) is 4.98. The zero-order chi connectivity index (χ0) is 12.1. The zero-order valence-corrected chi connectivity index (χ0v) is 10.6. The van der Waals surface area contributed by atoms with Gasteiger partial charge in [0.05, 0.1) is 6.61 Å². The molecule has 2 N–H and O–H groups in total. The van der Waals surface area contributed by atoms with Gasteiger partial charge in [0.1, 0.15) is 5.75 Å². The highest BCUT2D eigenvalue weighted by Gasteiger charge is 2.24. The molecule has 1 aromatic heterocycles. The first kappa shape index (κ1) is 12.4.